The number of nitrogens with one attached hydrogen (secondary N) is 1. The van der Waals surface area contributed by atoms with Gasteiger partial charge >= 0.3 is 0 Å². The zero-order valence-electron chi connectivity index (χ0n) is 16.2. The molecular weight excluding hydrogens is 386 g/mol. The number of carbonyl (C=O) groups is 1. The molecule has 0 atom stereocenters. The molecule has 9 heteroatoms. The molecule has 29 heavy (non-hydrogen) atoms. The van der Waals surface area contributed by atoms with Crippen LogP contribution in [0.15, 0.2) is 59.8 Å². The molecule has 2 aromatic carbocycles. The van der Waals surface area contributed by atoms with Crippen molar-refractivity contribution >= 4 is 23.4 Å². The monoisotopic (exact) mass is 405 g/mol. The van der Waals surface area contributed by atoms with E-state index in [1.165, 1.54) is 11.8 Å². The van der Waals surface area contributed by atoms with Gasteiger partial charge in [-0.05, 0) is 79.1 Å². The summed E-state index contributed by atoms with van der Waals surface area (Å²) in [7, 11) is 0. The average Bonchev–Trinajstić information content (AvgIpc) is 3.34. The number of hydrogen-bond donors (Lipinski definition) is 1. The maximum absolute atomic E-state index is 12.7. The first-order chi connectivity index (χ1) is 14.0. The summed E-state index contributed by atoms with van der Waals surface area (Å²) in [6.45, 7) is 3.96. The highest BCUT2D eigenvalue weighted by Crippen LogP contribution is 2.20. The predicted octanol–water partition coefficient (Wildman–Crippen LogP) is 3.44. The Labute approximate surface area is 171 Å². The highest BCUT2D eigenvalue weighted by Gasteiger charge is 2.11. The van der Waals surface area contributed by atoms with Crippen LogP contribution in [-0.2, 0) is 0 Å². The Morgan fingerprint density at radius 2 is 1.79 bits per heavy atom. The van der Waals surface area contributed by atoms with Crippen LogP contribution >= 0.6 is 11.8 Å². The molecule has 0 unspecified atom stereocenters. The molecule has 4 rings (SSSR count). The number of amides is 1. The minimum Gasteiger partial charge on any atom is -0.322 e. The number of carbonyl (C=O) groups excluding carboxylic acids is 1. The normalized spacial score (nSPS) is 10.9. The Hall–Kier alpha value is -3.46. The van der Waals surface area contributed by atoms with E-state index in [9.17, 15) is 4.79 Å². The molecule has 0 aliphatic heterocycles. The SMILES string of the molecule is CSc1nnnn1-c1cccc(NC(=O)c2ccc(-n3nc(C)cc3C)cc2)c1. The maximum Gasteiger partial charge on any atom is 0.255 e. The molecule has 1 N–H and O–H groups in total. The van der Waals surface area contributed by atoms with Crippen molar-refractivity contribution in [3.8, 4) is 11.4 Å². The van der Waals surface area contributed by atoms with Crippen molar-refractivity contribution in [1.29, 1.82) is 0 Å². The lowest BCUT2D eigenvalue weighted by Gasteiger charge is -2.09. The third kappa shape index (κ3) is 3.90. The average molecular weight is 405 g/mol. The van der Waals surface area contributed by atoms with Gasteiger partial charge in [-0.1, -0.05) is 17.8 Å². The van der Waals surface area contributed by atoms with Crippen molar-refractivity contribution in [2.45, 2.75) is 19.0 Å². The number of hydrogen-bond acceptors (Lipinski definition) is 6. The molecular formula is C20H19N7OS. The van der Waals surface area contributed by atoms with Crippen LogP contribution in [0.4, 0.5) is 5.69 Å². The van der Waals surface area contributed by atoms with Crippen LogP contribution in [-0.4, -0.2) is 42.2 Å². The maximum atomic E-state index is 12.7. The fourth-order valence-corrected chi connectivity index (χ4v) is 3.46. The number of benzene rings is 2. The molecule has 0 fully saturated rings. The molecule has 0 aliphatic carbocycles. The number of nitrogens with zero attached hydrogens (tertiary/aromatic N) is 6. The van der Waals surface area contributed by atoms with E-state index in [0.29, 0.717) is 16.4 Å². The second-order valence-corrected chi connectivity index (χ2v) is 7.24. The zero-order valence-corrected chi connectivity index (χ0v) is 17.0. The Kier molecular flexibility index (Phi) is 5.13. The van der Waals surface area contributed by atoms with Gasteiger partial charge in [0.05, 0.1) is 17.1 Å². The molecule has 1 amide bonds. The molecule has 0 radical (unpaired) electrons. The minimum atomic E-state index is -0.191. The summed E-state index contributed by atoms with van der Waals surface area (Å²) >= 11 is 1.45. The molecule has 2 heterocycles. The molecule has 8 nitrogen and oxygen atoms in total. The molecule has 0 saturated heterocycles. The van der Waals surface area contributed by atoms with Crippen LogP contribution in [0, 0.1) is 13.8 Å². The van der Waals surface area contributed by atoms with Gasteiger partial charge in [0, 0.05) is 16.9 Å². The Balaban J connectivity index is 1.52. The Morgan fingerprint density at radius 3 is 2.48 bits per heavy atom. The summed E-state index contributed by atoms with van der Waals surface area (Å²) in [6, 6.07) is 16.8. The third-order valence-electron chi connectivity index (χ3n) is 4.36. The number of aryl methyl sites for hydroxylation is 2. The van der Waals surface area contributed by atoms with Crippen molar-refractivity contribution in [1.82, 2.24) is 30.0 Å². The van der Waals surface area contributed by atoms with E-state index in [-0.39, 0.29) is 5.91 Å². The number of thioether (sulfide) groups is 1. The molecule has 0 aliphatic rings. The van der Waals surface area contributed by atoms with Gasteiger partial charge in [0.25, 0.3) is 5.91 Å². The zero-order chi connectivity index (χ0) is 20.4. The van der Waals surface area contributed by atoms with Crippen LogP contribution in [0.5, 0.6) is 0 Å². The van der Waals surface area contributed by atoms with Crippen molar-refractivity contribution < 1.29 is 4.79 Å². The molecule has 2 aromatic heterocycles. The summed E-state index contributed by atoms with van der Waals surface area (Å²) in [5.74, 6) is -0.191. The lowest BCUT2D eigenvalue weighted by Crippen LogP contribution is -2.12. The highest BCUT2D eigenvalue weighted by atomic mass is 32.2. The molecule has 146 valence electrons. The van der Waals surface area contributed by atoms with E-state index in [1.807, 2.05) is 67.2 Å². The summed E-state index contributed by atoms with van der Waals surface area (Å²) in [6.07, 6.45) is 1.91. The molecule has 0 spiro atoms. The van der Waals surface area contributed by atoms with Gasteiger partial charge in [0.1, 0.15) is 0 Å². The number of tetrazole rings is 1. The Bertz CT molecular complexity index is 1160. The van der Waals surface area contributed by atoms with Crippen molar-refractivity contribution in [3.05, 3.63) is 71.5 Å². The van der Waals surface area contributed by atoms with Crippen LogP contribution in [0.1, 0.15) is 21.7 Å². The summed E-state index contributed by atoms with van der Waals surface area (Å²) in [5.41, 5.74) is 4.92. The quantitative estimate of drug-likeness (QED) is 0.512. The predicted molar refractivity (Wildman–Crippen MR) is 112 cm³/mol. The van der Waals surface area contributed by atoms with Gasteiger partial charge in [0.15, 0.2) is 0 Å². The number of anilines is 1. The lowest BCUT2D eigenvalue weighted by atomic mass is 10.2. The fourth-order valence-electron chi connectivity index (χ4n) is 3.03. The molecule has 0 bridgehead atoms. The van der Waals surface area contributed by atoms with E-state index < -0.39 is 0 Å². The van der Waals surface area contributed by atoms with Crippen LogP contribution < -0.4 is 5.32 Å². The minimum absolute atomic E-state index is 0.191. The Morgan fingerprint density at radius 1 is 1.00 bits per heavy atom. The first-order valence-electron chi connectivity index (χ1n) is 8.93. The van der Waals surface area contributed by atoms with E-state index in [1.54, 1.807) is 16.8 Å². The van der Waals surface area contributed by atoms with E-state index in [2.05, 4.69) is 25.9 Å². The van der Waals surface area contributed by atoms with Crippen molar-refractivity contribution in [3.63, 3.8) is 0 Å². The van der Waals surface area contributed by atoms with Crippen molar-refractivity contribution in [2.75, 3.05) is 11.6 Å². The van der Waals surface area contributed by atoms with Crippen molar-refractivity contribution in [2.24, 2.45) is 0 Å². The summed E-state index contributed by atoms with van der Waals surface area (Å²) in [4.78, 5) is 12.7. The first kappa shape index (κ1) is 18.9. The van der Waals surface area contributed by atoms with E-state index >= 15 is 0 Å². The second kappa shape index (κ2) is 7.88. The fraction of sp³-hybridized carbons (Fsp3) is 0.150. The largest absolute Gasteiger partial charge is 0.322 e. The van der Waals surface area contributed by atoms with Crippen LogP contribution in [0.25, 0.3) is 11.4 Å². The summed E-state index contributed by atoms with van der Waals surface area (Å²) < 4.78 is 3.49. The standard InChI is InChI=1S/C20H19N7OS/c1-13-11-14(2)26(23-13)17-9-7-15(8-10-17)19(28)21-16-5-4-6-18(12-16)27-20(29-3)22-24-25-27/h4-12H,1-3H3,(H,21,28). The first-order valence-corrected chi connectivity index (χ1v) is 10.2. The summed E-state index contributed by atoms with van der Waals surface area (Å²) in [5, 5.41) is 19.7. The smallest absolute Gasteiger partial charge is 0.255 e. The highest BCUT2D eigenvalue weighted by molar-refractivity contribution is 7.98. The van der Waals surface area contributed by atoms with Crippen LogP contribution in [0.2, 0.25) is 0 Å². The van der Waals surface area contributed by atoms with E-state index in [4.69, 9.17) is 0 Å². The topological polar surface area (TPSA) is 90.5 Å². The molecule has 0 saturated carbocycles. The van der Waals surface area contributed by atoms with Gasteiger partial charge in [-0.15, -0.1) is 5.10 Å². The lowest BCUT2D eigenvalue weighted by molar-refractivity contribution is 0.102. The van der Waals surface area contributed by atoms with E-state index in [0.717, 1.165) is 22.8 Å². The van der Waals surface area contributed by atoms with Gasteiger partial charge in [-0.2, -0.15) is 9.78 Å². The second-order valence-electron chi connectivity index (χ2n) is 6.47. The third-order valence-corrected chi connectivity index (χ3v) is 4.98. The van der Waals surface area contributed by atoms with Gasteiger partial charge in [-0.25, -0.2) is 4.68 Å². The number of rotatable bonds is 5. The van der Waals surface area contributed by atoms with Gasteiger partial charge in [-0.3, -0.25) is 4.79 Å². The van der Waals surface area contributed by atoms with Crippen LogP contribution in [0.3, 0.4) is 0 Å². The van der Waals surface area contributed by atoms with Gasteiger partial charge < -0.3 is 5.32 Å². The molecule has 4 aromatic rings. The van der Waals surface area contributed by atoms with Gasteiger partial charge in [0.2, 0.25) is 5.16 Å². The number of aromatic nitrogens is 6.